The molecule has 0 bridgehead atoms. The SMILES string of the molecule is CCCCN(CCC(NCC)c1ccccc1)C(C)CC. The van der Waals surface area contributed by atoms with Gasteiger partial charge in [0.15, 0.2) is 0 Å². The maximum absolute atomic E-state index is 3.64. The Labute approximate surface area is 131 Å². The van der Waals surface area contributed by atoms with Gasteiger partial charge in [-0.15, -0.1) is 0 Å². The van der Waals surface area contributed by atoms with Gasteiger partial charge in [0.2, 0.25) is 0 Å². The van der Waals surface area contributed by atoms with E-state index >= 15 is 0 Å². The number of hydrogen-bond acceptors (Lipinski definition) is 2. The van der Waals surface area contributed by atoms with Crippen LogP contribution >= 0.6 is 0 Å². The molecule has 0 radical (unpaired) electrons. The number of unbranched alkanes of at least 4 members (excludes halogenated alkanes) is 1. The molecule has 1 rings (SSSR count). The van der Waals surface area contributed by atoms with Crippen LogP contribution in [-0.2, 0) is 0 Å². The summed E-state index contributed by atoms with van der Waals surface area (Å²) in [7, 11) is 0. The van der Waals surface area contributed by atoms with E-state index in [0.29, 0.717) is 12.1 Å². The number of nitrogens with one attached hydrogen (secondary N) is 1. The predicted molar refractivity (Wildman–Crippen MR) is 93.7 cm³/mol. The average molecular weight is 290 g/mol. The van der Waals surface area contributed by atoms with Crippen molar-refractivity contribution in [2.45, 2.75) is 65.5 Å². The first-order chi connectivity index (χ1) is 10.2. The van der Waals surface area contributed by atoms with Crippen LogP contribution in [0.5, 0.6) is 0 Å². The lowest BCUT2D eigenvalue weighted by Gasteiger charge is -2.30. The van der Waals surface area contributed by atoms with Crippen LogP contribution in [0.25, 0.3) is 0 Å². The molecule has 1 aromatic rings. The normalized spacial score (nSPS) is 14.3. The highest BCUT2D eigenvalue weighted by molar-refractivity contribution is 5.18. The summed E-state index contributed by atoms with van der Waals surface area (Å²) in [5, 5.41) is 3.64. The van der Waals surface area contributed by atoms with Gasteiger partial charge in [0.1, 0.15) is 0 Å². The van der Waals surface area contributed by atoms with Crippen LogP contribution in [-0.4, -0.2) is 30.6 Å². The van der Waals surface area contributed by atoms with Crippen molar-refractivity contribution >= 4 is 0 Å². The Morgan fingerprint density at radius 1 is 1.05 bits per heavy atom. The second-order valence-corrected chi connectivity index (χ2v) is 5.96. The fraction of sp³-hybridized carbons (Fsp3) is 0.684. The molecular weight excluding hydrogens is 256 g/mol. The molecule has 0 saturated carbocycles. The molecule has 21 heavy (non-hydrogen) atoms. The summed E-state index contributed by atoms with van der Waals surface area (Å²) >= 11 is 0. The zero-order chi connectivity index (χ0) is 15.5. The Hall–Kier alpha value is -0.860. The third-order valence-electron chi connectivity index (χ3n) is 4.37. The van der Waals surface area contributed by atoms with Gasteiger partial charge < -0.3 is 10.2 Å². The minimum absolute atomic E-state index is 0.476. The van der Waals surface area contributed by atoms with Crippen LogP contribution in [0.2, 0.25) is 0 Å². The van der Waals surface area contributed by atoms with Crippen LogP contribution in [0.1, 0.15) is 65.0 Å². The molecule has 0 aliphatic carbocycles. The van der Waals surface area contributed by atoms with Gasteiger partial charge in [-0.05, 0) is 44.8 Å². The van der Waals surface area contributed by atoms with Crippen LogP contribution in [0, 0.1) is 0 Å². The van der Waals surface area contributed by atoms with Crippen molar-refractivity contribution < 1.29 is 0 Å². The lowest BCUT2D eigenvalue weighted by molar-refractivity contribution is 0.190. The standard InChI is InChI=1S/C19H34N2/c1-5-8-15-21(17(4)6-2)16-14-19(20-7-3)18-12-10-9-11-13-18/h9-13,17,19-20H,5-8,14-16H2,1-4H3. The average Bonchev–Trinajstić information content (AvgIpc) is 2.54. The van der Waals surface area contributed by atoms with E-state index in [1.165, 1.54) is 44.3 Å². The highest BCUT2D eigenvalue weighted by Gasteiger charge is 2.15. The van der Waals surface area contributed by atoms with E-state index in [1.807, 2.05) is 0 Å². The van der Waals surface area contributed by atoms with Gasteiger partial charge >= 0.3 is 0 Å². The second kappa shape index (κ2) is 10.8. The van der Waals surface area contributed by atoms with Gasteiger partial charge in [-0.1, -0.05) is 57.5 Å². The third kappa shape index (κ3) is 6.62. The number of benzene rings is 1. The van der Waals surface area contributed by atoms with Gasteiger partial charge in [0.05, 0.1) is 0 Å². The molecule has 0 amide bonds. The van der Waals surface area contributed by atoms with E-state index < -0.39 is 0 Å². The van der Waals surface area contributed by atoms with Crippen LogP contribution < -0.4 is 5.32 Å². The molecule has 0 saturated heterocycles. The topological polar surface area (TPSA) is 15.3 Å². The molecular formula is C19H34N2. The van der Waals surface area contributed by atoms with Crippen LogP contribution in [0.4, 0.5) is 0 Å². The first-order valence-corrected chi connectivity index (χ1v) is 8.75. The van der Waals surface area contributed by atoms with Crippen molar-refractivity contribution in [2.75, 3.05) is 19.6 Å². The maximum atomic E-state index is 3.64. The van der Waals surface area contributed by atoms with Crippen molar-refractivity contribution in [1.29, 1.82) is 0 Å². The summed E-state index contributed by atoms with van der Waals surface area (Å²) in [6.45, 7) is 12.6. The molecule has 2 unspecified atom stereocenters. The third-order valence-corrected chi connectivity index (χ3v) is 4.37. The number of rotatable bonds is 11. The molecule has 0 heterocycles. The fourth-order valence-electron chi connectivity index (χ4n) is 2.79. The minimum Gasteiger partial charge on any atom is -0.310 e. The predicted octanol–water partition coefficient (Wildman–Crippen LogP) is 4.63. The Morgan fingerprint density at radius 3 is 2.33 bits per heavy atom. The maximum Gasteiger partial charge on any atom is 0.0332 e. The van der Waals surface area contributed by atoms with Gasteiger partial charge in [-0.3, -0.25) is 0 Å². The largest absolute Gasteiger partial charge is 0.310 e. The first kappa shape index (κ1) is 18.2. The van der Waals surface area contributed by atoms with Crippen molar-refractivity contribution in [3.63, 3.8) is 0 Å². The van der Waals surface area contributed by atoms with E-state index in [0.717, 1.165) is 6.54 Å². The van der Waals surface area contributed by atoms with Crippen molar-refractivity contribution in [2.24, 2.45) is 0 Å². The second-order valence-electron chi connectivity index (χ2n) is 5.96. The Balaban J connectivity index is 2.60. The molecule has 0 aromatic heterocycles. The molecule has 1 aromatic carbocycles. The van der Waals surface area contributed by atoms with Gasteiger partial charge in [-0.2, -0.15) is 0 Å². The molecule has 2 atom stereocenters. The molecule has 0 spiro atoms. The first-order valence-electron chi connectivity index (χ1n) is 8.75. The lowest BCUT2D eigenvalue weighted by atomic mass is 10.0. The van der Waals surface area contributed by atoms with E-state index in [9.17, 15) is 0 Å². The molecule has 0 fully saturated rings. The van der Waals surface area contributed by atoms with E-state index in [2.05, 4.69) is 68.2 Å². The van der Waals surface area contributed by atoms with Crippen LogP contribution in [0.15, 0.2) is 30.3 Å². The lowest BCUT2D eigenvalue weighted by Crippen LogP contribution is -2.36. The zero-order valence-electron chi connectivity index (χ0n) is 14.4. The zero-order valence-corrected chi connectivity index (χ0v) is 14.4. The summed E-state index contributed by atoms with van der Waals surface area (Å²) in [6.07, 6.45) is 5.01. The van der Waals surface area contributed by atoms with Crippen molar-refractivity contribution in [3.05, 3.63) is 35.9 Å². The fourth-order valence-corrected chi connectivity index (χ4v) is 2.79. The van der Waals surface area contributed by atoms with E-state index in [1.54, 1.807) is 0 Å². The van der Waals surface area contributed by atoms with E-state index in [4.69, 9.17) is 0 Å². The molecule has 0 aliphatic rings. The summed E-state index contributed by atoms with van der Waals surface area (Å²) in [5.41, 5.74) is 1.42. The van der Waals surface area contributed by atoms with Gasteiger partial charge in [0, 0.05) is 18.6 Å². The minimum atomic E-state index is 0.476. The molecule has 120 valence electrons. The van der Waals surface area contributed by atoms with Crippen LogP contribution in [0.3, 0.4) is 0 Å². The highest BCUT2D eigenvalue weighted by atomic mass is 15.1. The molecule has 1 N–H and O–H groups in total. The van der Waals surface area contributed by atoms with E-state index in [-0.39, 0.29) is 0 Å². The highest BCUT2D eigenvalue weighted by Crippen LogP contribution is 2.18. The quantitative estimate of drug-likeness (QED) is 0.639. The number of hydrogen-bond donors (Lipinski definition) is 1. The summed E-state index contributed by atoms with van der Waals surface area (Å²) in [6, 6.07) is 12.0. The summed E-state index contributed by atoms with van der Waals surface area (Å²) in [5.74, 6) is 0. The molecule has 2 heteroatoms. The Kier molecular flexibility index (Phi) is 9.36. The van der Waals surface area contributed by atoms with Gasteiger partial charge in [0.25, 0.3) is 0 Å². The Bertz CT molecular complexity index is 350. The smallest absolute Gasteiger partial charge is 0.0332 e. The van der Waals surface area contributed by atoms with Crippen molar-refractivity contribution in [3.8, 4) is 0 Å². The monoisotopic (exact) mass is 290 g/mol. The molecule has 2 nitrogen and oxygen atoms in total. The molecule has 0 aliphatic heterocycles. The Morgan fingerprint density at radius 2 is 1.76 bits per heavy atom. The van der Waals surface area contributed by atoms with Gasteiger partial charge in [-0.25, -0.2) is 0 Å². The summed E-state index contributed by atoms with van der Waals surface area (Å²) in [4.78, 5) is 2.66. The number of nitrogens with zero attached hydrogens (tertiary/aromatic N) is 1. The van der Waals surface area contributed by atoms with Crippen molar-refractivity contribution in [1.82, 2.24) is 10.2 Å². The summed E-state index contributed by atoms with van der Waals surface area (Å²) < 4.78 is 0.